The third kappa shape index (κ3) is 70.5. The average Bonchev–Trinajstić information content (AvgIpc) is 3.67. The molecular formula is C76H141NO8P+. The highest BCUT2D eigenvalue weighted by Crippen LogP contribution is 2.43. The van der Waals surface area contributed by atoms with Crippen LogP contribution in [0.4, 0.5) is 0 Å². The Bertz CT molecular complexity index is 1680. The molecule has 0 aromatic rings. The summed E-state index contributed by atoms with van der Waals surface area (Å²) in [4.78, 5) is 35.8. The lowest BCUT2D eigenvalue weighted by molar-refractivity contribution is -0.870. The number of carbonyl (C=O) groups is 2. The first-order valence-electron chi connectivity index (χ1n) is 36.7. The van der Waals surface area contributed by atoms with Crippen LogP contribution in [0.25, 0.3) is 0 Å². The highest BCUT2D eigenvalue weighted by molar-refractivity contribution is 7.47. The van der Waals surface area contributed by atoms with Gasteiger partial charge in [-0.15, -0.1) is 0 Å². The number of hydrogen-bond donors (Lipinski definition) is 1. The number of rotatable bonds is 68. The summed E-state index contributed by atoms with van der Waals surface area (Å²) in [6, 6.07) is 0. The van der Waals surface area contributed by atoms with Crippen LogP contribution in [0, 0.1) is 0 Å². The summed E-state index contributed by atoms with van der Waals surface area (Å²) < 4.78 is 34.7. The van der Waals surface area contributed by atoms with E-state index in [0.29, 0.717) is 17.4 Å². The number of likely N-dealkylation sites (N-methyl/N-ethyl adjacent to an activating group) is 1. The van der Waals surface area contributed by atoms with E-state index in [9.17, 15) is 19.0 Å². The lowest BCUT2D eigenvalue weighted by Gasteiger charge is -2.24. The predicted molar refractivity (Wildman–Crippen MR) is 372 cm³/mol. The van der Waals surface area contributed by atoms with Gasteiger partial charge < -0.3 is 18.9 Å². The number of hydrogen-bond acceptors (Lipinski definition) is 7. The van der Waals surface area contributed by atoms with Gasteiger partial charge in [-0.05, 0) is 83.5 Å². The molecule has 2 unspecified atom stereocenters. The summed E-state index contributed by atoms with van der Waals surface area (Å²) in [7, 11) is 1.47. The summed E-state index contributed by atoms with van der Waals surface area (Å²) in [6.45, 7) is 4.33. The van der Waals surface area contributed by atoms with Crippen LogP contribution in [0.3, 0.4) is 0 Å². The lowest BCUT2D eigenvalue weighted by Crippen LogP contribution is -2.37. The van der Waals surface area contributed by atoms with Crippen LogP contribution in [-0.4, -0.2) is 74.9 Å². The Morgan fingerprint density at radius 2 is 0.663 bits per heavy atom. The van der Waals surface area contributed by atoms with Crippen LogP contribution >= 0.6 is 7.82 Å². The Morgan fingerprint density at radius 3 is 1.00 bits per heavy atom. The number of nitrogens with zero attached hydrogens (tertiary/aromatic N) is 1. The van der Waals surface area contributed by atoms with E-state index in [1.165, 1.54) is 231 Å². The van der Waals surface area contributed by atoms with Gasteiger partial charge in [-0.3, -0.25) is 18.6 Å². The molecule has 2 atom stereocenters. The van der Waals surface area contributed by atoms with Crippen molar-refractivity contribution in [1.29, 1.82) is 0 Å². The van der Waals surface area contributed by atoms with E-state index >= 15 is 0 Å². The predicted octanol–water partition coefficient (Wildman–Crippen LogP) is 23.9. The van der Waals surface area contributed by atoms with Crippen LogP contribution in [0.1, 0.15) is 348 Å². The van der Waals surface area contributed by atoms with E-state index in [4.69, 9.17) is 18.5 Å². The number of phosphoric acid groups is 1. The minimum Gasteiger partial charge on any atom is -0.462 e. The zero-order valence-electron chi connectivity index (χ0n) is 57.3. The lowest BCUT2D eigenvalue weighted by atomic mass is 10.0. The maximum absolute atomic E-state index is 12.8. The summed E-state index contributed by atoms with van der Waals surface area (Å²) in [5, 5.41) is 0. The number of esters is 2. The molecule has 0 fully saturated rings. The average molecular weight is 1230 g/mol. The van der Waals surface area contributed by atoms with Gasteiger partial charge in [0.1, 0.15) is 19.8 Å². The molecule has 9 nitrogen and oxygen atoms in total. The van der Waals surface area contributed by atoms with Crippen LogP contribution in [0.5, 0.6) is 0 Å². The maximum Gasteiger partial charge on any atom is 0.472 e. The van der Waals surface area contributed by atoms with Crippen molar-refractivity contribution in [2.24, 2.45) is 0 Å². The van der Waals surface area contributed by atoms with E-state index in [0.717, 1.165) is 83.5 Å². The van der Waals surface area contributed by atoms with Crippen LogP contribution < -0.4 is 0 Å². The van der Waals surface area contributed by atoms with Gasteiger partial charge in [-0.1, -0.05) is 324 Å². The van der Waals surface area contributed by atoms with Crippen molar-refractivity contribution in [3.8, 4) is 0 Å². The molecule has 0 aromatic carbocycles. The van der Waals surface area contributed by atoms with Crippen LogP contribution in [-0.2, 0) is 32.7 Å². The normalized spacial score (nSPS) is 13.5. The summed E-state index contributed by atoms with van der Waals surface area (Å²) in [6.07, 6.45) is 90.5. The smallest absolute Gasteiger partial charge is 0.462 e. The first kappa shape index (κ1) is 83.5. The number of quaternary nitrogens is 1. The van der Waals surface area contributed by atoms with Crippen molar-refractivity contribution in [3.63, 3.8) is 0 Å². The quantitative estimate of drug-likeness (QED) is 0.0211. The zero-order valence-corrected chi connectivity index (χ0v) is 58.2. The van der Waals surface area contributed by atoms with E-state index in [-0.39, 0.29) is 32.0 Å². The largest absolute Gasteiger partial charge is 0.472 e. The SMILES string of the molecule is CC/C=C\C/C=C\C/C=C\C/C=C\C/C=C\CCCCCCCC(=O)OC(COC(=O)CCCCCCCCCCCCCCCCCCCCCCCCCCCCCCC/C=C\CCCCCCCCCC)COP(=O)(O)OCC[N+](C)(C)C. The molecule has 0 aliphatic rings. The van der Waals surface area contributed by atoms with Gasteiger partial charge in [0.25, 0.3) is 0 Å². The van der Waals surface area contributed by atoms with Crippen molar-refractivity contribution in [2.75, 3.05) is 47.5 Å². The Labute approximate surface area is 533 Å². The second-order valence-corrected chi connectivity index (χ2v) is 27.4. The molecular weight excluding hydrogens is 1090 g/mol. The van der Waals surface area contributed by atoms with E-state index in [1.54, 1.807) is 0 Å². The molecule has 0 bridgehead atoms. The van der Waals surface area contributed by atoms with E-state index in [2.05, 4.69) is 86.8 Å². The number of ether oxygens (including phenoxy) is 2. The van der Waals surface area contributed by atoms with Gasteiger partial charge in [0, 0.05) is 12.8 Å². The van der Waals surface area contributed by atoms with Crippen LogP contribution in [0.2, 0.25) is 0 Å². The van der Waals surface area contributed by atoms with Gasteiger partial charge in [0.15, 0.2) is 6.10 Å². The number of phosphoric ester groups is 1. The van der Waals surface area contributed by atoms with Gasteiger partial charge >= 0.3 is 19.8 Å². The molecule has 86 heavy (non-hydrogen) atoms. The molecule has 0 aromatic heterocycles. The molecule has 502 valence electrons. The Morgan fingerprint density at radius 1 is 0.372 bits per heavy atom. The van der Waals surface area contributed by atoms with Gasteiger partial charge in [-0.2, -0.15) is 0 Å². The fourth-order valence-electron chi connectivity index (χ4n) is 10.6. The number of unbranched alkanes of at least 4 members (excludes halogenated alkanes) is 42. The number of carbonyl (C=O) groups excluding carboxylic acids is 2. The molecule has 0 amide bonds. The van der Waals surface area contributed by atoms with Crippen LogP contribution in [0.15, 0.2) is 72.9 Å². The fourth-order valence-corrected chi connectivity index (χ4v) is 11.4. The zero-order chi connectivity index (χ0) is 62.6. The van der Waals surface area contributed by atoms with E-state index in [1.807, 2.05) is 21.1 Å². The molecule has 0 heterocycles. The minimum absolute atomic E-state index is 0.0261. The Hall–Kier alpha value is -2.55. The van der Waals surface area contributed by atoms with Gasteiger partial charge in [0.2, 0.25) is 0 Å². The molecule has 10 heteroatoms. The van der Waals surface area contributed by atoms with Crippen molar-refractivity contribution >= 4 is 19.8 Å². The topological polar surface area (TPSA) is 108 Å². The molecule has 0 aliphatic heterocycles. The second-order valence-electron chi connectivity index (χ2n) is 25.9. The number of allylic oxidation sites excluding steroid dienone is 12. The highest BCUT2D eigenvalue weighted by atomic mass is 31.2. The standard InChI is InChI=1S/C76H140NO8P/c1-6-8-10-12-14-16-18-20-22-24-26-28-29-30-31-32-33-34-35-36-37-38-39-40-41-42-43-44-45-46-47-49-50-52-54-56-58-60-62-64-66-68-75(78)82-72-74(73-84-86(80,81)83-71-70-77(3,4)5)85-76(79)69-67-65-63-61-59-57-55-53-51-48-27-25-23-21-19-17-15-13-11-9-7-2/h9,11,15,17,21,23-24,26-27,48,53,55,74H,6-8,10,12-14,16,18-20,22,25,28-47,49-52,54,56-73H2,1-5H3/p+1/b11-9-,17-15-,23-21-,26-24-,48-27-,55-53-. The van der Waals surface area contributed by atoms with E-state index < -0.39 is 26.5 Å². The molecule has 0 aliphatic carbocycles. The monoisotopic (exact) mass is 1230 g/mol. The molecule has 0 saturated heterocycles. The van der Waals surface area contributed by atoms with Gasteiger partial charge in [-0.25, -0.2) is 4.57 Å². The molecule has 0 saturated carbocycles. The second kappa shape index (κ2) is 66.9. The maximum atomic E-state index is 12.8. The highest BCUT2D eigenvalue weighted by Gasteiger charge is 2.27. The third-order valence-electron chi connectivity index (χ3n) is 16.2. The molecule has 0 radical (unpaired) electrons. The molecule has 0 spiro atoms. The third-order valence-corrected chi connectivity index (χ3v) is 17.2. The Kier molecular flexibility index (Phi) is 64.9. The molecule has 0 rings (SSSR count). The summed E-state index contributed by atoms with van der Waals surface area (Å²) in [5.41, 5.74) is 0. The Balaban J connectivity index is 3.90. The summed E-state index contributed by atoms with van der Waals surface area (Å²) >= 11 is 0. The van der Waals surface area contributed by atoms with Crippen molar-refractivity contribution in [3.05, 3.63) is 72.9 Å². The fraction of sp³-hybridized carbons (Fsp3) is 0.816. The van der Waals surface area contributed by atoms with Crippen molar-refractivity contribution in [2.45, 2.75) is 354 Å². The summed E-state index contributed by atoms with van der Waals surface area (Å²) in [5.74, 6) is -0.809. The van der Waals surface area contributed by atoms with Crippen molar-refractivity contribution < 1.29 is 42.1 Å². The minimum atomic E-state index is -4.40. The first-order chi connectivity index (χ1) is 42.0. The first-order valence-corrected chi connectivity index (χ1v) is 38.2. The van der Waals surface area contributed by atoms with Crippen molar-refractivity contribution in [1.82, 2.24) is 0 Å². The molecule has 1 N–H and O–H groups in total. The van der Waals surface area contributed by atoms with Gasteiger partial charge in [0.05, 0.1) is 27.7 Å².